The van der Waals surface area contributed by atoms with Crippen LogP contribution in [0.5, 0.6) is 5.75 Å². The molecule has 0 aliphatic rings. The molecule has 5 heteroatoms. The smallest absolute Gasteiger partial charge is 0.295 e. The first-order valence-electron chi connectivity index (χ1n) is 3.10. The van der Waals surface area contributed by atoms with E-state index in [4.69, 9.17) is 9.66 Å². The van der Waals surface area contributed by atoms with Crippen LogP contribution in [0.1, 0.15) is 5.56 Å². The SMILES string of the molecule is Cc1c[c]c(S(=O)(=O)O)cc1O. The molecule has 0 aliphatic carbocycles. The van der Waals surface area contributed by atoms with Gasteiger partial charge >= 0.3 is 0 Å². The van der Waals surface area contributed by atoms with Crippen molar-refractivity contribution in [3.8, 4) is 5.75 Å². The second-order valence-electron chi connectivity index (χ2n) is 2.34. The molecule has 0 unspecified atom stereocenters. The molecule has 1 rings (SSSR count). The van der Waals surface area contributed by atoms with E-state index in [2.05, 4.69) is 6.07 Å². The van der Waals surface area contributed by atoms with Crippen molar-refractivity contribution in [1.29, 1.82) is 0 Å². The van der Waals surface area contributed by atoms with Crippen LogP contribution >= 0.6 is 0 Å². The van der Waals surface area contributed by atoms with E-state index >= 15 is 0 Å². The molecule has 0 atom stereocenters. The molecule has 12 heavy (non-hydrogen) atoms. The first kappa shape index (κ1) is 9.02. The maximum absolute atomic E-state index is 10.5. The van der Waals surface area contributed by atoms with E-state index in [1.54, 1.807) is 6.92 Å². The molecule has 0 aromatic heterocycles. The zero-order valence-electron chi connectivity index (χ0n) is 6.27. The molecule has 0 amide bonds. The average molecular weight is 187 g/mol. The van der Waals surface area contributed by atoms with E-state index in [1.807, 2.05) is 0 Å². The highest BCUT2D eigenvalue weighted by molar-refractivity contribution is 7.85. The standard InChI is InChI=1S/C7H7O4S/c1-5-2-3-6(4-7(5)8)12(9,10)11/h2,4,8H,1H3,(H,9,10,11). The molecular weight excluding hydrogens is 180 g/mol. The van der Waals surface area contributed by atoms with Crippen LogP contribution in [0.2, 0.25) is 0 Å². The second kappa shape index (κ2) is 2.76. The van der Waals surface area contributed by atoms with E-state index in [-0.39, 0.29) is 5.75 Å². The topological polar surface area (TPSA) is 74.6 Å². The lowest BCUT2D eigenvalue weighted by molar-refractivity contribution is 0.463. The zero-order chi connectivity index (χ0) is 9.35. The van der Waals surface area contributed by atoms with Gasteiger partial charge in [0.25, 0.3) is 10.1 Å². The van der Waals surface area contributed by atoms with Gasteiger partial charge in [-0.15, -0.1) is 0 Å². The molecule has 2 N–H and O–H groups in total. The van der Waals surface area contributed by atoms with Crippen LogP contribution in [-0.4, -0.2) is 18.1 Å². The molecule has 0 bridgehead atoms. The molecule has 0 spiro atoms. The maximum Gasteiger partial charge on any atom is 0.295 e. The summed E-state index contributed by atoms with van der Waals surface area (Å²) in [5.41, 5.74) is 0.502. The summed E-state index contributed by atoms with van der Waals surface area (Å²) in [6, 6.07) is 4.56. The summed E-state index contributed by atoms with van der Waals surface area (Å²) < 4.78 is 29.6. The van der Waals surface area contributed by atoms with Crippen LogP contribution < -0.4 is 0 Å². The van der Waals surface area contributed by atoms with Crippen molar-refractivity contribution in [1.82, 2.24) is 0 Å². The molecule has 0 aliphatic heterocycles. The predicted octanol–water partition coefficient (Wildman–Crippen LogP) is 0.748. The highest BCUT2D eigenvalue weighted by Crippen LogP contribution is 2.19. The van der Waals surface area contributed by atoms with Gasteiger partial charge in [-0.2, -0.15) is 8.42 Å². The van der Waals surface area contributed by atoms with Crippen molar-refractivity contribution in [2.75, 3.05) is 0 Å². The molecule has 1 aromatic carbocycles. The monoisotopic (exact) mass is 187 g/mol. The van der Waals surface area contributed by atoms with Gasteiger partial charge in [-0.1, -0.05) is 0 Å². The number of hydrogen-bond donors (Lipinski definition) is 2. The summed E-state index contributed by atoms with van der Waals surface area (Å²) >= 11 is 0. The van der Waals surface area contributed by atoms with Gasteiger partial charge in [0, 0.05) is 12.1 Å². The predicted molar refractivity (Wildman–Crippen MR) is 41.5 cm³/mol. The Balaban J connectivity index is 3.33. The number of rotatable bonds is 1. The maximum atomic E-state index is 10.5. The third kappa shape index (κ3) is 1.75. The van der Waals surface area contributed by atoms with Crippen LogP contribution in [0, 0.1) is 13.0 Å². The molecule has 0 saturated carbocycles. The third-order valence-electron chi connectivity index (χ3n) is 1.38. The van der Waals surface area contributed by atoms with Crippen LogP contribution in [0.3, 0.4) is 0 Å². The van der Waals surface area contributed by atoms with E-state index in [1.165, 1.54) is 6.07 Å². The molecule has 0 saturated heterocycles. The Morgan fingerprint density at radius 3 is 2.50 bits per heavy atom. The van der Waals surface area contributed by atoms with Gasteiger partial charge in [-0.3, -0.25) is 4.55 Å². The van der Waals surface area contributed by atoms with Crippen molar-refractivity contribution in [3.63, 3.8) is 0 Å². The number of aryl methyl sites for hydroxylation is 1. The van der Waals surface area contributed by atoms with Crippen LogP contribution in [0.4, 0.5) is 0 Å². The van der Waals surface area contributed by atoms with Gasteiger partial charge < -0.3 is 5.11 Å². The van der Waals surface area contributed by atoms with Gasteiger partial charge in [0.05, 0.1) is 0 Å². The molecule has 0 fully saturated rings. The minimum Gasteiger partial charge on any atom is -0.508 e. The van der Waals surface area contributed by atoms with Gasteiger partial charge in [-0.25, -0.2) is 0 Å². The Kier molecular flexibility index (Phi) is 2.08. The normalized spacial score (nSPS) is 11.5. The number of phenols is 1. The summed E-state index contributed by atoms with van der Waals surface area (Å²) in [4.78, 5) is -0.425. The Labute approximate surface area is 70.2 Å². The van der Waals surface area contributed by atoms with Gasteiger partial charge in [0.1, 0.15) is 10.6 Å². The van der Waals surface area contributed by atoms with Gasteiger partial charge in [0.2, 0.25) is 0 Å². The van der Waals surface area contributed by atoms with Crippen LogP contribution in [-0.2, 0) is 10.1 Å². The summed E-state index contributed by atoms with van der Waals surface area (Å²) in [5, 5.41) is 9.07. The van der Waals surface area contributed by atoms with Crippen molar-refractivity contribution >= 4 is 10.1 Å². The van der Waals surface area contributed by atoms with E-state index in [9.17, 15) is 8.42 Å². The molecule has 65 valence electrons. The fraction of sp³-hybridized carbons (Fsp3) is 0.143. The minimum absolute atomic E-state index is 0.179. The molecule has 4 nitrogen and oxygen atoms in total. The molecule has 1 aromatic rings. The Morgan fingerprint density at radius 2 is 2.08 bits per heavy atom. The molecule has 0 heterocycles. The van der Waals surface area contributed by atoms with Gasteiger partial charge in [0.15, 0.2) is 0 Å². The Bertz CT molecular complexity index is 394. The Morgan fingerprint density at radius 1 is 1.50 bits per heavy atom. The highest BCUT2D eigenvalue weighted by Gasteiger charge is 2.10. The summed E-state index contributed by atoms with van der Waals surface area (Å²) in [7, 11) is -4.26. The van der Waals surface area contributed by atoms with Crippen LogP contribution in [0.15, 0.2) is 17.0 Å². The lowest BCUT2D eigenvalue weighted by atomic mass is 10.2. The second-order valence-corrected chi connectivity index (χ2v) is 3.73. The fourth-order valence-corrected chi connectivity index (χ4v) is 1.15. The number of aromatic hydroxyl groups is 1. The number of hydrogen-bond acceptors (Lipinski definition) is 3. The average Bonchev–Trinajstić information content (AvgIpc) is 1.92. The lowest BCUT2D eigenvalue weighted by Gasteiger charge is -1.99. The van der Waals surface area contributed by atoms with E-state index in [0.717, 1.165) is 6.07 Å². The van der Waals surface area contributed by atoms with Crippen molar-refractivity contribution < 1.29 is 18.1 Å². The summed E-state index contributed by atoms with van der Waals surface area (Å²) in [6.45, 7) is 1.60. The van der Waals surface area contributed by atoms with Crippen molar-refractivity contribution in [2.24, 2.45) is 0 Å². The minimum atomic E-state index is -4.26. The van der Waals surface area contributed by atoms with E-state index in [0.29, 0.717) is 5.56 Å². The fourth-order valence-electron chi connectivity index (χ4n) is 0.682. The molecule has 1 radical (unpaired) electrons. The summed E-state index contributed by atoms with van der Waals surface area (Å²) in [5.74, 6) is -0.179. The Hall–Kier alpha value is -1.07. The van der Waals surface area contributed by atoms with Crippen molar-refractivity contribution in [2.45, 2.75) is 11.8 Å². The van der Waals surface area contributed by atoms with E-state index < -0.39 is 15.0 Å². The highest BCUT2D eigenvalue weighted by atomic mass is 32.2. The zero-order valence-corrected chi connectivity index (χ0v) is 7.09. The van der Waals surface area contributed by atoms with Gasteiger partial charge in [-0.05, 0) is 18.6 Å². The first-order chi connectivity index (χ1) is 5.41. The van der Waals surface area contributed by atoms with Crippen molar-refractivity contribution in [3.05, 3.63) is 23.8 Å². The lowest BCUT2D eigenvalue weighted by Crippen LogP contribution is -1.97. The third-order valence-corrected chi connectivity index (χ3v) is 2.17. The number of benzene rings is 1. The largest absolute Gasteiger partial charge is 0.508 e. The first-order valence-corrected chi connectivity index (χ1v) is 4.54. The van der Waals surface area contributed by atoms with Crippen LogP contribution in [0.25, 0.3) is 0 Å². The summed E-state index contributed by atoms with van der Waals surface area (Å²) in [6.07, 6.45) is 0. The number of phenolic OH excluding ortho intramolecular Hbond substituents is 1. The quantitative estimate of drug-likeness (QED) is 0.636. The molecular formula is C7H7O4S.